The third-order valence-electron chi connectivity index (χ3n) is 3.83. The lowest BCUT2D eigenvalue weighted by Crippen LogP contribution is -2.46. The van der Waals surface area contributed by atoms with E-state index in [0.717, 1.165) is 42.6 Å². The molecule has 1 aliphatic carbocycles. The van der Waals surface area contributed by atoms with Gasteiger partial charge in [0.2, 0.25) is 0 Å². The number of carbonyl (C=O) groups is 1. The van der Waals surface area contributed by atoms with Crippen molar-refractivity contribution in [1.29, 1.82) is 0 Å². The Hall–Kier alpha value is -1.55. The van der Waals surface area contributed by atoms with Gasteiger partial charge in [-0.1, -0.05) is 31.0 Å². The third kappa shape index (κ3) is 3.73. The number of ether oxygens (including phenoxy) is 1. The van der Waals surface area contributed by atoms with Crippen LogP contribution >= 0.6 is 0 Å². The van der Waals surface area contributed by atoms with Gasteiger partial charge in [0.1, 0.15) is 5.75 Å². The minimum absolute atomic E-state index is 0.00505. The van der Waals surface area contributed by atoms with Gasteiger partial charge in [0, 0.05) is 0 Å². The van der Waals surface area contributed by atoms with E-state index in [2.05, 4.69) is 5.32 Å². The van der Waals surface area contributed by atoms with Gasteiger partial charge in [-0.05, 0) is 37.8 Å². The number of para-hydroxylation sites is 1. The minimum atomic E-state index is -0.423. The molecular weight excluding hydrogens is 254 g/mol. The quantitative estimate of drug-likeness (QED) is 0.886. The van der Waals surface area contributed by atoms with E-state index >= 15 is 0 Å². The van der Waals surface area contributed by atoms with Crippen LogP contribution in [0.25, 0.3) is 0 Å². The first kappa shape index (κ1) is 14.9. The topological polar surface area (TPSA) is 58.6 Å². The van der Waals surface area contributed by atoms with Crippen LogP contribution in [0.5, 0.6) is 5.75 Å². The molecule has 20 heavy (non-hydrogen) atoms. The number of aliphatic hydroxyl groups is 1. The van der Waals surface area contributed by atoms with Crippen LogP contribution in [0.4, 0.5) is 0 Å². The number of aliphatic hydroxyl groups excluding tert-OH is 1. The zero-order valence-corrected chi connectivity index (χ0v) is 12.2. The Balaban J connectivity index is 1.86. The number of aryl methyl sites for hydroxylation is 2. The normalized spacial score (nSPS) is 22.4. The largest absolute Gasteiger partial charge is 0.483 e. The smallest absolute Gasteiger partial charge is 0.258 e. The summed E-state index contributed by atoms with van der Waals surface area (Å²) in [6.07, 6.45) is 3.28. The van der Waals surface area contributed by atoms with Crippen molar-refractivity contribution in [3.8, 4) is 5.75 Å². The number of amides is 1. The predicted molar refractivity (Wildman–Crippen MR) is 77.8 cm³/mol. The maximum Gasteiger partial charge on any atom is 0.258 e. The molecule has 0 aliphatic heterocycles. The molecule has 2 rings (SSSR count). The number of hydrogen-bond acceptors (Lipinski definition) is 3. The highest BCUT2D eigenvalue weighted by Gasteiger charge is 2.24. The van der Waals surface area contributed by atoms with Crippen LogP contribution in [0.15, 0.2) is 18.2 Å². The van der Waals surface area contributed by atoms with Gasteiger partial charge >= 0.3 is 0 Å². The van der Waals surface area contributed by atoms with E-state index in [1.165, 1.54) is 0 Å². The van der Waals surface area contributed by atoms with Gasteiger partial charge in [-0.15, -0.1) is 0 Å². The maximum atomic E-state index is 11.9. The predicted octanol–water partition coefficient (Wildman–Crippen LogP) is 2.10. The van der Waals surface area contributed by atoms with Crippen molar-refractivity contribution >= 4 is 5.91 Å². The molecule has 0 spiro atoms. The van der Waals surface area contributed by atoms with Gasteiger partial charge in [-0.3, -0.25) is 4.79 Å². The Morgan fingerprint density at radius 2 is 1.95 bits per heavy atom. The summed E-state index contributed by atoms with van der Waals surface area (Å²) >= 11 is 0. The van der Waals surface area contributed by atoms with E-state index in [9.17, 15) is 9.90 Å². The molecule has 0 bridgehead atoms. The van der Waals surface area contributed by atoms with Crippen molar-refractivity contribution in [3.63, 3.8) is 0 Å². The molecule has 1 aliphatic rings. The Kier molecular flexibility index (Phi) is 5.01. The van der Waals surface area contributed by atoms with Crippen molar-refractivity contribution in [2.75, 3.05) is 6.61 Å². The molecule has 1 amide bonds. The monoisotopic (exact) mass is 277 g/mol. The Bertz CT molecular complexity index is 453. The lowest BCUT2D eigenvalue weighted by atomic mass is 9.92. The standard InChI is InChI=1S/C16H23NO3/c1-11-6-5-7-12(2)16(11)20-10-15(19)17-13-8-3-4-9-14(13)18/h5-7,13-14,18H,3-4,8-10H2,1-2H3,(H,17,19)/t13-,14+/m0/s1. The molecule has 1 saturated carbocycles. The Labute approximate surface area is 120 Å². The summed E-state index contributed by atoms with van der Waals surface area (Å²) in [7, 11) is 0. The molecular formula is C16H23NO3. The summed E-state index contributed by atoms with van der Waals surface area (Å²) in [5.74, 6) is 0.602. The van der Waals surface area contributed by atoms with Crippen LogP contribution < -0.4 is 10.1 Å². The summed E-state index contributed by atoms with van der Waals surface area (Å²) < 4.78 is 5.61. The van der Waals surface area contributed by atoms with Gasteiger partial charge in [-0.2, -0.15) is 0 Å². The SMILES string of the molecule is Cc1cccc(C)c1OCC(=O)N[C@H]1CCCC[C@H]1O. The van der Waals surface area contributed by atoms with Crippen LogP contribution in [-0.4, -0.2) is 29.8 Å². The lowest BCUT2D eigenvalue weighted by molar-refractivity contribution is -0.125. The zero-order valence-electron chi connectivity index (χ0n) is 12.2. The van der Waals surface area contributed by atoms with Crippen LogP contribution in [0.1, 0.15) is 36.8 Å². The van der Waals surface area contributed by atoms with Crippen LogP contribution in [0.3, 0.4) is 0 Å². The maximum absolute atomic E-state index is 11.9. The number of nitrogens with one attached hydrogen (secondary N) is 1. The molecule has 0 saturated heterocycles. The van der Waals surface area contributed by atoms with Crippen LogP contribution in [0.2, 0.25) is 0 Å². The van der Waals surface area contributed by atoms with Crippen molar-refractivity contribution in [3.05, 3.63) is 29.3 Å². The molecule has 0 aromatic heterocycles. The highest BCUT2D eigenvalue weighted by molar-refractivity contribution is 5.78. The van der Waals surface area contributed by atoms with Crippen molar-refractivity contribution in [2.45, 2.75) is 51.7 Å². The Morgan fingerprint density at radius 1 is 1.30 bits per heavy atom. The molecule has 2 N–H and O–H groups in total. The fourth-order valence-electron chi connectivity index (χ4n) is 2.69. The van der Waals surface area contributed by atoms with E-state index in [0.29, 0.717) is 0 Å². The molecule has 2 atom stereocenters. The molecule has 4 heteroatoms. The molecule has 0 radical (unpaired) electrons. The first-order valence-corrected chi connectivity index (χ1v) is 7.24. The first-order valence-electron chi connectivity index (χ1n) is 7.24. The summed E-state index contributed by atoms with van der Waals surface area (Å²) in [4.78, 5) is 11.9. The molecule has 0 unspecified atom stereocenters. The van der Waals surface area contributed by atoms with Gasteiger partial charge in [0.05, 0.1) is 12.1 Å². The number of hydrogen-bond donors (Lipinski definition) is 2. The third-order valence-corrected chi connectivity index (χ3v) is 3.83. The summed E-state index contributed by atoms with van der Waals surface area (Å²) in [5, 5.41) is 12.7. The molecule has 110 valence electrons. The molecule has 1 aromatic rings. The summed E-state index contributed by atoms with van der Waals surface area (Å²) in [5.41, 5.74) is 2.05. The van der Waals surface area contributed by atoms with E-state index in [1.54, 1.807) is 0 Å². The van der Waals surface area contributed by atoms with Gasteiger partial charge in [0.25, 0.3) is 5.91 Å². The highest BCUT2D eigenvalue weighted by atomic mass is 16.5. The molecule has 0 heterocycles. The fraction of sp³-hybridized carbons (Fsp3) is 0.562. The molecule has 1 aromatic carbocycles. The van der Waals surface area contributed by atoms with Gasteiger partial charge in [-0.25, -0.2) is 0 Å². The van der Waals surface area contributed by atoms with Crippen molar-refractivity contribution in [2.24, 2.45) is 0 Å². The number of benzene rings is 1. The van der Waals surface area contributed by atoms with Crippen molar-refractivity contribution in [1.82, 2.24) is 5.32 Å². The molecule has 4 nitrogen and oxygen atoms in total. The molecule has 1 fully saturated rings. The average Bonchev–Trinajstić information content (AvgIpc) is 2.41. The van der Waals surface area contributed by atoms with E-state index in [4.69, 9.17) is 4.74 Å². The zero-order chi connectivity index (χ0) is 14.5. The second-order valence-corrected chi connectivity index (χ2v) is 5.54. The van der Waals surface area contributed by atoms with Gasteiger partial charge in [0.15, 0.2) is 6.61 Å². The lowest BCUT2D eigenvalue weighted by Gasteiger charge is -2.28. The second kappa shape index (κ2) is 6.75. The highest BCUT2D eigenvalue weighted by Crippen LogP contribution is 2.22. The van der Waals surface area contributed by atoms with Crippen molar-refractivity contribution < 1.29 is 14.6 Å². The minimum Gasteiger partial charge on any atom is -0.483 e. The number of rotatable bonds is 4. The first-order chi connectivity index (χ1) is 9.58. The van der Waals surface area contributed by atoms with E-state index in [-0.39, 0.29) is 18.6 Å². The van der Waals surface area contributed by atoms with Crippen LogP contribution in [0, 0.1) is 13.8 Å². The van der Waals surface area contributed by atoms with E-state index in [1.807, 2.05) is 32.0 Å². The second-order valence-electron chi connectivity index (χ2n) is 5.54. The fourth-order valence-corrected chi connectivity index (χ4v) is 2.69. The Morgan fingerprint density at radius 3 is 2.60 bits per heavy atom. The van der Waals surface area contributed by atoms with E-state index < -0.39 is 6.10 Å². The average molecular weight is 277 g/mol. The summed E-state index contributed by atoms with van der Waals surface area (Å²) in [6, 6.07) is 5.77. The summed E-state index contributed by atoms with van der Waals surface area (Å²) in [6.45, 7) is 3.92. The number of carbonyl (C=O) groups excluding carboxylic acids is 1. The van der Waals surface area contributed by atoms with Gasteiger partial charge < -0.3 is 15.2 Å². The van der Waals surface area contributed by atoms with Crippen LogP contribution in [-0.2, 0) is 4.79 Å².